The van der Waals surface area contributed by atoms with E-state index in [0.29, 0.717) is 220 Å². The second kappa shape index (κ2) is 67.6. The summed E-state index contributed by atoms with van der Waals surface area (Å²) in [7, 11) is -3.86. The summed E-state index contributed by atoms with van der Waals surface area (Å²) in [6.07, 6.45) is 21.3. The van der Waals surface area contributed by atoms with Gasteiger partial charge < -0.3 is 71.4 Å². The summed E-state index contributed by atoms with van der Waals surface area (Å²) in [6.45, 7) is 11.5. The first kappa shape index (κ1) is 103. The summed E-state index contributed by atoms with van der Waals surface area (Å²) >= 11 is 0. The minimum atomic E-state index is -3.86. The summed E-state index contributed by atoms with van der Waals surface area (Å²) in [6, 6.07) is 5.15. The molecule has 0 spiro atoms. The van der Waals surface area contributed by atoms with Gasteiger partial charge in [-0.3, -0.25) is 57.9 Å². The van der Waals surface area contributed by atoms with Gasteiger partial charge >= 0.3 is 5.97 Å². The number of aromatic hydroxyl groups is 1. The molecule has 1 aromatic rings. The van der Waals surface area contributed by atoms with Crippen LogP contribution in [0.25, 0.3) is 0 Å². The molecular weight excluding hydrogens is 1470 g/mol. The number of aliphatic carboxylic acids is 1. The molecule has 0 aliphatic carbocycles. The Morgan fingerprint density at radius 2 is 0.857 bits per heavy atom. The summed E-state index contributed by atoms with van der Waals surface area (Å²) in [5.41, 5.74) is 12.1. The molecule has 0 heterocycles. The number of unbranched alkanes of at least 4 members (excludes halogenated alkanes) is 16. The molecular formula is C82H143N7O22S. The summed E-state index contributed by atoms with van der Waals surface area (Å²) in [5, 5.41) is 37.9. The van der Waals surface area contributed by atoms with Crippen molar-refractivity contribution in [1.82, 2.24) is 21.3 Å². The van der Waals surface area contributed by atoms with Crippen molar-refractivity contribution in [3.63, 3.8) is 0 Å². The molecule has 0 radical (unpaired) electrons. The zero-order chi connectivity index (χ0) is 82.8. The number of benzene rings is 1. The SMILES string of the molecule is CC(C)CC(=O)C[C@@H](CCCCNC(=O)CCC(=O)CCCCOCCOCCOCCCCC(=O)CCC(=O)NCCCOCCOCCOCCCNC(=O)CC[C@H](NC(=O)CCCCCCCCCCCCCCCS(=O)(=O)O)C(=O)O)C(=O)C(C)[C@@H](CCCCC(=N)N)C(=O)C[C@@H](Cc1ccc(O)cc1)C(N)=O.[HH]. The van der Waals surface area contributed by atoms with Crippen LogP contribution in [0.4, 0.5) is 0 Å². The van der Waals surface area contributed by atoms with E-state index in [1.807, 2.05) is 13.8 Å². The van der Waals surface area contributed by atoms with Crippen LogP contribution in [0, 0.1) is 35.0 Å². The van der Waals surface area contributed by atoms with Crippen molar-refractivity contribution in [2.24, 2.45) is 41.1 Å². The van der Waals surface area contributed by atoms with Gasteiger partial charge in [-0.15, -0.1) is 0 Å². The van der Waals surface area contributed by atoms with Gasteiger partial charge in [0.25, 0.3) is 10.1 Å². The Morgan fingerprint density at radius 3 is 1.31 bits per heavy atom. The molecule has 29 nitrogen and oxygen atoms in total. The Balaban J connectivity index is 0.000125. The number of carbonyl (C=O) groups excluding carboxylic acids is 10. The maximum atomic E-state index is 14.3. The van der Waals surface area contributed by atoms with Crippen LogP contribution in [0.2, 0.25) is 0 Å². The first-order valence-corrected chi connectivity index (χ1v) is 43.0. The third-order valence-electron chi connectivity index (χ3n) is 19.2. The first-order valence-electron chi connectivity index (χ1n) is 41.4. The molecule has 0 aliphatic rings. The van der Waals surface area contributed by atoms with Gasteiger partial charge in [0.1, 0.15) is 40.7 Å². The number of amides is 5. The van der Waals surface area contributed by atoms with Crippen LogP contribution >= 0.6 is 0 Å². The molecule has 0 fully saturated rings. The van der Waals surface area contributed by atoms with Crippen LogP contribution in [0.5, 0.6) is 5.75 Å². The Kier molecular flexibility index (Phi) is 62.4. The fourth-order valence-electron chi connectivity index (χ4n) is 12.7. The topological polar surface area (TPSA) is 462 Å². The minimum Gasteiger partial charge on any atom is -0.508 e. The van der Waals surface area contributed by atoms with E-state index in [0.717, 1.165) is 70.6 Å². The van der Waals surface area contributed by atoms with E-state index < -0.39 is 51.7 Å². The third kappa shape index (κ3) is 61.8. The molecule has 0 bridgehead atoms. The van der Waals surface area contributed by atoms with Gasteiger partial charge in [0.2, 0.25) is 29.5 Å². The lowest BCUT2D eigenvalue weighted by atomic mass is 9.75. The quantitative estimate of drug-likeness (QED) is 0.0125. The molecule has 1 rings (SSSR count). The second-order valence-corrected chi connectivity index (χ2v) is 31.4. The Hall–Kier alpha value is -6.67. The highest BCUT2D eigenvalue weighted by Crippen LogP contribution is 2.31. The average molecular weight is 1610 g/mol. The van der Waals surface area contributed by atoms with Gasteiger partial charge in [0.15, 0.2) is 0 Å². The number of hydrogen-bond donors (Lipinski definition) is 10. The molecule has 1 aromatic carbocycles. The molecule has 0 aliphatic heterocycles. The molecule has 30 heteroatoms. The van der Waals surface area contributed by atoms with Gasteiger partial charge in [-0.1, -0.05) is 116 Å². The third-order valence-corrected chi connectivity index (χ3v) is 20.0. The van der Waals surface area contributed by atoms with Crippen LogP contribution in [0.15, 0.2) is 24.3 Å². The number of Topliss-reactive ketones (excluding diaryl/α,β-unsaturated/α-hetero) is 5. The monoisotopic (exact) mass is 1610 g/mol. The number of ketones is 5. The molecule has 5 atom stereocenters. The van der Waals surface area contributed by atoms with Crippen molar-refractivity contribution in [2.45, 2.75) is 277 Å². The zero-order valence-electron chi connectivity index (χ0n) is 67.8. The lowest BCUT2D eigenvalue weighted by Crippen LogP contribution is -2.41. The molecule has 112 heavy (non-hydrogen) atoms. The average Bonchev–Trinajstić information content (AvgIpc) is 0.840. The summed E-state index contributed by atoms with van der Waals surface area (Å²) in [4.78, 5) is 141. The Labute approximate surface area is 668 Å². The van der Waals surface area contributed by atoms with Crippen LogP contribution in [0.1, 0.15) is 272 Å². The van der Waals surface area contributed by atoms with Crippen molar-refractivity contribution in [3.8, 4) is 5.75 Å². The summed E-state index contributed by atoms with van der Waals surface area (Å²) < 4.78 is 63.7. The van der Waals surface area contributed by atoms with Gasteiger partial charge in [-0.2, -0.15) is 8.42 Å². The zero-order valence-corrected chi connectivity index (χ0v) is 68.6. The van der Waals surface area contributed by atoms with Crippen LogP contribution in [-0.2, 0) is 97.7 Å². The highest BCUT2D eigenvalue weighted by molar-refractivity contribution is 7.85. The van der Waals surface area contributed by atoms with E-state index in [9.17, 15) is 71.4 Å². The van der Waals surface area contributed by atoms with Crippen LogP contribution in [-0.4, -0.2) is 204 Å². The largest absolute Gasteiger partial charge is 0.508 e. The smallest absolute Gasteiger partial charge is 0.326 e. The van der Waals surface area contributed by atoms with Gasteiger partial charge in [0, 0.05) is 148 Å². The van der Waals surface area contributed by atoms with Gasteiger partial charge in [-0.25, -0.2) is 4.79 Å². The second-order valence-electron chi connectivity index (χ2n) is 29.8. The number of ether oxygens (including phenoxy) is 6. The number of hydrogen-bond acceptors (Lipinski definition) is 21. The van der Waals surface area contributed by atoms with Crippen LogP contribution < -0.4 is 32.7 Å². The van der Waals surface area contributed by atoms with E-state index in [-0.39, 0.29) is 141 Å². The van der Waals surface area contributed by atoms with Crippen molar-refractivity contribution in [1.29, 1.82) is 5.41 Å². The van der Waals surface area contributed by atoms with E-state index in [2.05, 4.69) is 21.3 Å². The predicted octanol–water partition coefficient (Wildman–Crippen LogP) is 10.3. The number of primary amides is 1. The predicted molar refractivity (Wildman–Crippen MR) is 430 cm³/mol. The first-order chi connectivity index (χ1) is 53.7. The van der Waals surface area contributed by atoms with E-state index in [1.54, 1.807) is 19.1 Å². The lowest BCUT2D eigenvalue weighted by Gasteiger charge is -2.27. The number of phenolic OH excluding ortho intramolecular Hbond substituents is 1. The molecule has 0 aromatic heterocycles. The number of carboxylic acids is 1. The lowest BCUT2D eigenvalue weighted by molar-refractivity contribution is -0.142. The normalized spacial score (nSPS) is 12.9. The highest BCUT2D eigenvalue weighted by atomic mass is 32.2. The van der Waals surface area contributed by atoms with Crippen molar-refractivity contribution < 1.29 is 106 Å². The van der Waals surface area contributed by atoms with Crippen molar-refractivity contribution in [3.05, 3.63) is 29.8 Å². The van der Waals surface area contributed by atoms with E-state index in [1.165, 1.54) is 12.1 Å². The number of nitrogens with one attached hydrogen (secondary N) is 5. The number of rotatable bonds is 80. The highest BCUT2D eigenvalue weighted by Gasteiger charge is 2.36. The molecule has 1 unspecified atom stereocenters. The number of amidine groups is 1. The minimum absolute atomic E-state index is 0. The van der Waals surface area contributed by atoms with Gasteiger partial charge in [0.05, 0.1) is 64.4 Å². The number of carbonyl (C=O) groups is 11. The maximum Gasteiger partial charge on any atom is 0.326 e. The molecule has 12 N–H and O–H groups in total. The fourth-order valence-corrected chi connectivity index (χ4v) is 13.3. The van der Waals surface area contributed by atoms with Crippen molar-refractivity contribution >= 4 is 80.4 Å². The van der Waals surface area contributed by atoms with Crippen molar-refractivity contribution in [2.75, 3.05) is 105 Å². The van der Waals surface area contributed by atoms with Crippen LogP contribution in [0.3, 0.4) is 0 Å². The summed E-state index contributed by atoms with van der Waals surface area (Å²) in [5.74, 6) is -6.50. The molecule has 0 saturated heterocycles. The molecule has 0 saturated carbocycles. The Bertz CT molecular complexity index is 2930. The number of carboxylic acid groups (broad SMARTS) is 1. The number of nitrogens with two attached hydrogens (primary N) is 2. The fraction of sp³-hybridized carbons (Fsp3) is 0.780. The number of phenols is 1. The van der Waals surface area contributed by atoms with E-state index >= 15 is 0 Å². The van der Waals surface area contributed by atoms with Gasteiger partial charge in [-0.05, 0) is 114 Å². The molecule has 644 valence electrons. The standard InChI is InChI=1S/C82H141N7O22S.H2/c1-63(2)59-71(93)61-66(80(99)64(3)72(30-16-17-31-75(83)84)74(94)62-67(81(85)100)60-65-33-35-70(92)36-34-65)27-18-21-43-86-76(95)40-37-68(90)28-19-22-46-106-50-54-110-55-51-107-47-23-20-29-69(91)38-41-77(96)87-44-25-48-108-52-56-111-57-53-109-49-26-45-88-78(97)42-39-73(82(101)102)89-79(98)32-15-13-11-9-7-5-4-6-8-10-12-14-24-58-112(103,104)105;/h33-36,63-64,66-67,72-73,92H,4-32,37-62H2,1-3H3,(H3,83,84)(H2,85,100)(H,86,95)(H,87,96)(H,88,97)(H,89,98)(H,101,102)(H,103,104,105);1H/t64?,66-,67-,72-,73+;/m1./s1. The molecule has 5 amide bonds. The van der Waals surface area contributed by atoms with E-state index in [4.69, 9.17) is 49.9 Å². The Morgan fingerprint density at radius 1 is 0.438 bits per heavy atom. The maximum absolute atomic E-state index is 14.3.